The van der Waals surface area contributed by atoms with Crippen molar-refractivity contribution in [2.75, 3.05) is 54.5 Å². The monoisotopic (exact) mass is 365 g/mol. The van der Waals surface area contributed by atoms with Gasteiger partial charge in [0.25, 0.3) is 0 Å². The van der Waals surface area contributed by atoms with Crippen LogP contribution >= 0.6 is 7.51 Å². The smallest absolute Gasteiger partial charge is 0.218 e. The van der Waals surface area contributed by atoms with Gasteiger partial charge in [0, 0.05) is 32.3 Å². The lowest BCUT2D eigenvalue weighted by molar-refractivity contribution is 0.155. The Bertz CT molecular complexity index is 384. The summed E-state index contributed by atoms with van der Waals surface area (Å²) in [6, 6.07) is 0. The third-order valence-corrected chi connectivity index (χ3v) is 7.05. The topological polar surface area (TPSA) is 61.4 Å². The summed E-state index contributed by atoms with van der Waals surface area (Å²) >= 11 is 0. The van der Waals surface area contributed by atoms with Gasteiger partial charge in [0.2, 0.25) is 7.51 Å². The molecule has 0 amide bonds. The summed E-state index contributed by atoms with van der Waals surface area (Å²) in [5, 5.41) is 3.79. The normalized spacial score (nSPS) is 13.8. The van der Waals surface area contributed by atoms with Crippen molar-refractivity contribution in [2.24, 2.45) is 4.74 Å². The van der Waals surface area contributed by atoms with Crippen molar-refractivity contribution in [3.63, 3.8) is 0 Å². The lowest BCUT2D eigenvalue weighted by atomic mass is 10.1. The van der Waals surface area contributed by atoms with E-state index in [2.05, 4.69) is 52.4 Å². The molecule has 0 saturated heterocycles. The molecule has 146 valence electrons. The number of hydrazine groups is 2. The van der Waals surface area contributed by atoms with Crippen LogP contribution in [-0.2, 0) is 9.05 Å². The van der Waals surface area contributed by atoms with E-state index in [1.807, 2.05) is 38.2 Å². The zero-order valence-corrected chi connectivity index (χ0v) is 18.3. The molecule has 0 aliphatic carbocycles. The zero-order valence-electron chi connectivity index (χ0n) is 17.4. The second-order valence-corrected chi connectivity index (χ2v) is 11.0. The molecule has 0 bridgehead atoms. The molecule has 0 heterocycles. The molecule has 0 aliphatic rings. The second kappa shape index (κ2) is 10.2. The highest BCUT2D eigenvalue weighted by atomic mass is 31.2. The van der Waals surface area contributed by atoms with Crippen molar-refractivity contribution in [2.45, 2.75) is 52.2 Å². The summed E-state index contributed by atoms with van der Waals surface area (Å²) in [6.45, 7) is 15.4. The van der Waals surface area contributed by atoms with Crippen molar-refractivity contribution in [1.82, 2.24) is 20.9 Å². The van der Waals surface area contributed by atoms with Crippen molar-refractivity contribution >= 4 is 7.51 Å². The van der Waals surface area contributed by atoms with Gasteiger partial charge in [-0.15, -0.1) is 0 Å². The predicted molar refractivity (Wildman–Crippen MR) is 104 cm³/mol. The average Bonchev–Trinajstić information content (AvgIpc) is 2.43. The van der Waals surface area contributed by atoms with Crippen LogP contribution in [0.15, 0.2) is 4.74 Å². The van der Waals surface area contributed by atoms with Gasteiger partial charge in [-0.2, -0.15) is 0 Å². The molecular weight excluding hydrogens is 325 g/mol. The van der Waals surface area contributed by atoms with Crippen LogP contribution < -0.4 is 10.9 Å². The Hall–Kier alpha value is -0.0100. The van der Waals surface area contributed by atoms with E-state index in [0.29, 0.717) is 13.2 Å². The molecule has 8 heteroatoms. The maximum Gasteiger partial charge on any atom is 0.218 e. The van der Waals surface area contributed by atoms with Crippen LogP contribution in [0.1, 0.15) is 41.5 Å². The number of rotatable bonds is 10. The van der Waals surface area contributed by atoms with Crippen LogP contribution in [0.5, 0.6) is 0 Å². The second-order valence-electron chi connectivity index (χ2n) is 7.92. The van der Waals surface area contributed by atoms with Gasteiger partial charge in [0.15, 0.2) is 0 Å². The Kier molecular flexibility index (Phi) is 10.2. The Labute approximate surface area is 149 Å². The van der Waals surface area contributed by atoms with E-state index in [9.17, 15) is 0 Å². The number of hydrogen-bond acceptors (Lipinski definition) is 7. The third-order valence-electron chi connectivity index (χ3n) is 3.43. The van der Waals surface area contributed by atoms with Crippen LogP contribution in [0.3, 0.4) is 0 Å². The van der Waals surface area contributed by atoms with E-state index in [1.54, 1.807) is 0 Å². The van der Waals surface area contributed by atoms with E-state index >= 15 is 0 Å². The molecule has 0 fully saturated rings. The molecule has 0 aliphatic heterocycles. The zero-order chi connectivity index (χ0) is 19.0. The van der Waals surface area contributed by atoms with Crippen LogP contribution in [0.2, 0.25) is 0 Å². The summed E-state index contributed by atoms with van der Waals surface area (Å²) < 4.78 is 17.8. The number of hydrogen-bond donors (Lipinski definition) is 2. The number of likely N-dealkylation sites (N-methyl/N-ethyl adjacent to an activating group) is 2. The van der Waals surface area contributed by atoms with Crippen molar-refractivity contribution in [3.05, 3.63) is 0 Å². The van der Waals surface area contributed by atoms with Crippen LogP contribution in [0.25, 0.3) is 0 Å². The lowest BCUT2D eigenvalue weighted by Gasteiger charge is -2.38. The molecule has 0 radical (unpaired) electrons. The van der Waals surface area contributed by atoms with Gasteiger partial charge in [0.1, 0.15) is 0 Å². The molecule has 0 aromatic heterocycles. The van der Waals surface area contributed by atoms with Gasteiger partial charge < -0.3 is 9.05 Å². The summed E-state index contributed by atoms with van der Waals surface area (Å²) in [5.41, 5.74) is 5.95. The first-order valence-electron chi connectivity index (χ1n) is 8.56. The van der Waals surface area contributed by atoms with E-state index in [0.717, 1.165) is 13.1 Å². The molecule has 0 saturated carbocycles. The van der Waals surface area contributed by atoms with Gasteiger partial charge in [-0.05, 0) is 34.9 Å². The Balaban J connectivity index is 5.37. The van der Waals surface area contributed by atoms with Gasteiger partial charge in [-0.3, -0.25) is 10.9 Å². The summed E-state index contributed by atoms with van der Waals surface area (Å²) in [6.07, 6.45) is 0. The van der Waals surface area contributed by atoms with Crippen molar-refractivity contribution in [1.29, 1.82) is 0 Å². The fraction of sp³-hybridized carbons (Fsp3) is 1.00. The summed E-state index contributed by atoms with van der Waals surface area (Å²) in [7, 11) is 5.36. The lowest BCUT2D eigenvalue weighted by Crippen LogP contribution is -2.35. The van der Waals surface area contributed by atoms with Crippen molar-refractivity contribution in [3.8, 4) is 0 Å². The van der Waals surface area contributed by atoms with Crippen LogP contribution in [0.4, 0.5) is 0 Å². The van der Waals surface area contributed by atoms with Gasteiger partial charge >= 0.3 is 0 Å². The molecule has 7 nitrogen and oxygen atoms in total. The number of nitrogens with one attached hydrogen (secondary N) is 2. The maximum atomic E-state index is 6.36. The molecule has 0 rings (SSSR count). The molecule has 24 heavy (non-hydrogen) atoms. The fourth-order valence-electron chi connectivity index (χ4n) is 1.85. The molecule has 2 N–H and O–H groups in total. The van der Waals surface area contributed by atoms with Gasteiger partial charge in [0.05, 0.1) is 18.8 Å². The predicted octanol–water partition coefficient (Wildman–Crippen LogP) is 2.78. The summed E-state index contributed by atoms with van der Waals surface area (Å²) in [5.74, 6) is 0. The third kappa shape index (κ3) is 8.90. The Morgan fingerprint density at radius 2 is 1.21 bits per heavy atom. The maximum absolute atomic E-state index is 6.36. The Morgan fingerprint density at radius 3 is 1.46 bits per heavy atom. The van der Waals surface area contributed by atoms with E-state index in [4.69, 9.17) is 13.8 Å². The number of nitrogens with zero attached hydrogens (tertiary/aromatic N) is 3. The van der Waals surface area contributed by atoms with Gasteiger partial charge in [-0.1, -0.05) is 20.8 Å². The van der Waals surface area contributed by atoms with E-state index in [1.165, 1.54) is 0 Å². The minimum Gasteiger partial charge on any atom is -0.322 e. The molecule has 0 aromatic rings. The SMILES string of the molecule is CNN(C)CCOP(=NC(C)(C)C)(OCCN(C)NC)C(C)(C)C. The van der Waals surface area contributed by atoms with Crippen LogP contribution in [0, 0.1) is 0 Å². The first-order chi connectivity index (χ1) is 10.9. The molecular formula is C16H40N5O2P. The minimum absolute atomic E-state index is 0.184. The summed E-state index contributed by atoms with van der Waals surface area (Å²) in [4.78, 5) is 0. The standard InChI is InChI=1S/C16H40N5O2P/c1-15(2,3)19-24(16(4,5)6,22-13-11-20(9)17-7)23-14-12-21(10)18-8/h17-18H,11-14H2,1-10H3. The highest BCUT2D eigenvalue weighted by Gasteiger charge is 2.38. The van der Waals surface area contributed by atoms with E-state index < -0.39 is 7.51 Å². The largest absolute Gasteiger partial charge is 0.322 e. The van der Waals surface area contributed by atoms with E-state index in [-0.39, 0.29) is 10.7 Å². The average molecular weight is 366 g/mol. The molecule has 0 spiro atoms. The first kappa shape index (κ1) is 24.0. The highest BCUT2D eigenvalue weighted by Crippen LogP contribution is 2.63. The first-order valence-corrected chi connectivity index (χ1v) is 10.1. The highest BCUT2D eigenvalue weighted by molar-refractivity contribution is 7.58. The quantitative estimate of drug-likeness (QED) is 0.459. The molecule has 0 unspecified atom stereocenters. The fourth-order valence-corrected chi connectivity index (χ4v) is 4.57. The molecule has 0 atom stereocenters. The van der Waals surface area contributed by atoms with Gasteiger partial charge in [-0.25, -0.2) is 14.8 Å². The minimum atomic E-state index is -2.42. The van der Waals surface area contributed by atoms with Crippen LogP contribution in [-0.4, -0.2) is 75.2 Å². The van der Waals surface area contributed by atoms with Crippen molar-refractivity contribution < 1.29 is 9.05 Å². The molecule has 0 aromatic carbocycles. The Morgan fingerprint density at radius 1 is 0.833 bits per heavy atom.